The van der Waals surface area contributed by atoms with Gasteiger partial charge in [-0.3, -0.25) is 9.69 Å². The van der Waals surface area contributed by atoms with Crippen LogP contribution < -0.4 is 9.47 Å². The quantitative estimate of drug-likeness (QED) is 0.653. The van der Waals surface area contributed by atoms with E-state index in [-0.39, 0.29) is 12.6 Å². The molecule has 0 amide bonds. The molecule has 3 heterocycles. The van der Waals surface area contributed by atoms with Crippen molar-refractivity contribution in [3.8, 4) is 11.5 Å². The van der Waals surface area contributed by atoms with Gasteiger partial charge in [0.2, 0.25) is 12.6 Å². The van der Waals surface area contributed by atoms with Crippen LogP contribution in [-0.2, 0) is 20.7 Å². The van der Waals surface area contributed by atoms with E-state index in [4.69, 9.17) is 18.9 Å². The van der Waals surface area contributed by atoms with Gasteiger partial charge in [-0.25, -0.2) is 4.79 Å². The summed E-state index contributed by atoms with van der Waals surface area (Å²) in [6, 6.07) is 4.02. The van der Waals surface area contributed by atoms with Gasteiger partial charge in [0.25, 0.3) is 0 Å². The molecule has 30 heavy (non-hydrogen) atoms. The summed E-state index contributed by atoms with van der Waals surface area (Å²) in [6.07, 6.45) is 0.829. The Morgan fingerprint density at radius 2 is 1.93 bits per heavy atom. The minimum Gasteiger partial charge on any atom is -0.454 e. The molecule has 4 aliphatic rings. The summed E-state index contributed by atoms with van der Waals surface area (Å²) in [4.78, 5) is 28.3. The maximum absolute atomic E-state index is 13.4. The van der Waals surface area contributed by atoms with E-state index in [9.17, 15) is 9.59 Å². The molecule has 160 valence electrons. The molecule has 1 fully saturated rings. The first-order valence-electron chi connectivity index (χ1n) is 10.5. The standard InChI is InChI=1S/C23H27NO6/c1-13-18-15-11-17-16(27-12-28-17)10-14(15)6-9-24-8-5-7-23(18,24)20(19(13)25)29-21(26)30-22(2,3)4/h10-11,20H,5-9,12H2,1-4H3/t20?,23-/m1/s1. The van der Waals surface area contributed by atoms with Gasteiger partial charge in [0.15, 0.2) is 17.6 Å². The van der Waals surface area contributed by atoms with E-state index >= 15 is 0 Å². The summed E-state index contributed by atoms with van der Waals surface area (Å²) >= 11 is 0. The lowest BCUT2D eigenvalue weighted by Gasteiger charge is -2.40. The summed E-state index contributed by atoms with van der Waals surface area (Å²) in [6.45, 7) is 9.04. The Morgan fingerprint density at radius 1 is 1.20 bits per heavy atom. The summed E-state index contributed by atoms with van der Waals surface area (Å²) < 4.78 is 22.3. The Balaban J connectivity index is 1.61. The third-order valence-corrected chi connectivity index (χ3v) is 6.52. The average molecular weight is 413 g/mol. The lowest BCUT2D eigenvalue weighted by atomic mass is 9.81. The molecule has 1 aromatic carbocycles. The topological polar surface area (TPSA) is 74.3 Å². The van der Waals surface area contributed by atoms with Crippen LogP contribution in [0.15, 0.2) is 17.7 Å². The predicted molar refractivity (Wildman–Crippen MR) is 109 cm³/mol. The van der Waals surface area contributed by atoms with Gasteiger partial charge in [0.05, 0.1) is 5.54 Å². The largest absolute Gasteiger partial charge is 0.509 e. The van der Waals surface area contributed by atoms with Crippen LogP contribution in [0, 0.1) is 0 Å². The smallest absolute Gasteiger partial charge is 0.454 e. The number of nitrogens with zero attached hydrogens (tertiary/aromatic N) is 1. The highest BCUT2D eigenvalue weighted by Gasteiger charge is 2.61. The lowest BCUT2D eigenvalue weighted by Crippen LogP contribution is -2.54. The second kappa shape index (κ2) is 6.48. The van der Waals surface area contributed by atoms with Crippen LogP contribution in [0.25, 0.3) is 5.57 Å². The van der Waals surface area contributed by atoms with E-state index in [1.165, 1.54) is 0 Å². The highest BCUT2D eigenvalue weighted by atomic mass is 16.7. The normalized spacial score (nSPS) is 27.5. The van der Waals surface area contributed by atoms with Crippen molar-refractivity contribution in [2.45, 2.75) is 64.2 Å². The summed E-state index contributed by atoms with van der Waals surface area (Å²) in [7, 11) is 0. The molecule has 1 saturated heterocycles. The molecule has 0 radical (unpaired) electrons. The summed E-state index contributed by atoms with van der Waals surface area (Å²) in [5.41, 5.74) is 2.40. The molecule has 0 aromatic heterocycles. The third kappa shape index (κ3) is 2.75. The van der Waals surface area contributed by atoms with Crippen molar-refractivity contribution in [2.24, 2.45) is 0 Å². The zero-order valence-electron chi connectivity index (χ0n) is 17.9. The lowest BCUT2D eigenvalue weighted by molar-refractivity contribution is -0.130. The van der Waals surface area contributed by atoms with Gasteiger partial charge < -0.3 is 18.9 Å². The van der Waals surface area contributed by atoms with Crippen LogP contribution in [0.2, 0.25) is 0 Å². The van der Waals surface area contributed by atoms with Gasteiger partial charge in [0, 0.05) is 12.1 Å². The van der Waals surface area contributed by atoms with Gasteiger partial charge in [-0.15, -0.1) is 0 Å². The van der Waals surface area contributed by atoms with E-state index in [0.717, 1.165) is 54.8 Å². The molecule has 2 atom stereocenters. The molecule has 7 nitrogen and oxygen atoms in total. The van der Waals surface area contributed by atoms with E-state index < -0.39 is 23.4 Å². The van der Waals surface area contributed by atoms with E-state index in [0.29, 0.717) is 11.3 Å². The number of benzene rings is 1. The number of ketones is 1. The van der Waals surface area contributed by atoms with Crippen LogP contribution >= 0.6 is 0 Å². The zero-order chi connectivity index (χ0) is 21.3. The molecule has 0 bridgehead atoms. The second-order valence-corrected chi connectivity index (χ2v) is 9.45. The Hall–Kier alpha value is -2.54. The fourth-order valence-corrected chi connectivity index (χ4v) is 5.42. The first-order chi connectivity index (χ1) is 14.2. The molecule has 1 aromatic rings. The Kier molecular flexibility index (Phi) is 4.19. The van der Waals surface area contributed by atoms with Crippen LogP contribution in [0.4, 0.5) is 4.79 Å². The Morgan fingerprint density at radius 3 is 2.67 bits per heavy atom. The molecule has 0 N–H and O–H groups in total. The maximum atomic E-state index is 13.4. The molecule has 5 rings (SSSR count). The van der Waals surface area contributed by atoms with E-state index in [1.807, 2.05) is 19.1 Å². The van der Waals surface area contributed by atoms with Crippen molar-refractivity contribution in [3.05, 3.63) is 28.8 Å². The number of hydrogen-bond donors (Lipinski definition) is 0. The van der Waals surface area contributed by atoms with Crippen LogP contribution in [0.5, 0.6) is 11.5 Å². The van der Waals surface area contributed by atoms with Gasteiger partial charge in [-0.2, -0.15) is 0 Å². The Bertz CT molecular complexity index is 975. The SMILES string of the molecule is CC1=C2c3cc4c(cc3CCN3CCC[C@]23C(OC(=O)OC(C)(C)C)C1=O)OCO4. The van der Waals surface area contributed by atoms with Gasteiger partial charge >= 0.3 is 6.16 Å². The first-order valence-corrected chi connectivity index (χ1v) is 10.5. The van der Waals surface area contributed by atoms with Crippen LogP contribution in [0.3, 0.4) is 0 Å². The van der Waals surface area contributed by atoms with Gasteiger partial charge in [0.1, 0.15) is 5.60 Å². The van der Waals surface area contributed by atoms with Crippen LogP contribution in [-0.4, -0.2) is 54.0 Å². The molecule has 7 heteroatoms. The van der Waals surface area contributed by atoms with E-state index in [1.54, 1.807) is 20.8 Å². The van der Waals surface area contributed by atoms with Crippen molar-refractivity contribution in [2.75, 3.05) is 19.9 Å². The number of fused-ring (bicyclic) bond motifs is 3. The molecule has 1 unspecified atom stereocenters. The average Bonchev–Trinajstić information content (AvgIpc) is 3.31. The number of rotatable bonds is 1. The van der Waals surface area contributed by atoms with Crippen molar-refractivity contribution in [1.29, 1.82) is 0 Å². The monoisotopic (exact) mass is 413 g/mol. The minimum absolute atomic E-state index is 0.145. The van der Waals surface area contributed by atoms with Crippen molar-refractivity contribution < 1.29 is 28.5 Å². The number of ether oxygens (including phenoxy) is 4. The maximum Gasteiger partial charge on any atom is 0.509 e. The molecule has 1 aliphatic carbocycles. The van der Waals surface area contributed by atoms with Gasteiger partial charge in [-0.1, -0.05) is 0 Å². The molecule has 1 spiro atoms. The fraction of sp³-hybridized carbons (Fsp3) is 0.565. The molecular weight excluding hydrogens is 386 g/mol. The summed E-state index contributed by atoms with van der Waals surface area (Å²) in [5.74, 6) is 1.29. The summed E-state index contributed by atoms with van der Waals surface area (Å²) in [5, 5.41) is 0. The number of Topliss-reactive ketones (excluding diaryl/α,β-unsaturated/α-hetero) is 1. The van der Waals surface area contributed by atoms with Gasteiger partial charge in [-0.05, 0) is 82.3 Å². The second-order valence-electron chi connectivity index (χ2n) is 9.45. The zero-order valence-corrected chi connectivity index (χ0v) is 17.9. The Labute approximate surface area is 175 Å². The molecule has 0 saturated carbocycles. The molecular formula is C23H27NO6. The first kappa shape index (κ1) is 19.4. The highest BCUT2D eigenvalue weighted by molar-refractivity contribution is 6.14. The number of carbonyl (C=O) groups is 2. The third-order valence-electron chi connectivity index (χ3n) is 6.52. The predicted octanol–water partition coefficient (Wildman–Crippen LogP) is 3.48. The van der Waals surface area contributed by atoms with Crippen molar-refractivity contribution in [3.63, 3.8) is 0 Å². The minimum atomic E-state index is -0.902. The van der Waals surface area contributed by atoms with E-state index in [2.05, 4.69) is 4.90 Å². The van der Waals surface area contributed by atoms with Crippen molar-refractivity contribution >= 4 is 17.5 Å². The molecule has 3 aliphatic heterocycles. The fourth-order valence-electron chi connectivity index (χ4n) is 5.42. The number of hydrogen-bond acceptors (Lipinski definition) is 7. The highest BCUT2D eigenvalue weighted by Crippen LogP contribution is 2.54. The van der Waals surface area contributed by atoms with Crippen molar-refractivity contribution in [1.82, 2.24) is 4.90 Å². The van der Waals surface area contributed by atoms with Crippen LogP contribution in [0.1, 0.15) is 51.7 Å². The number of carbonyl (C=O) groups excluding carboxylic acids is 2.